The molecule has 0 unspecified atom stereocenters. The van der Waals surface area contributed by atoms with Gasteiger partial charge in [0.2, 0.25) is 5.91 Å². The van der Waals surface area contributed by atoms with E-state index in [0.29, 0.717) is 5.69 Å². The van der Waals surface area contributed by atoms with E-state index in [1.807, 2.05) is 45.0 Å². The van der Waals surface area contributed by atoms with Crippen LogP contribution in [0.5, 0.6) is 0 Å². The van der Waals surface area contributed by atoms with Crippen molar-refractivity contribution in [3.63, 3.8) is 0 Å². The molecule has 0 bridgehead atoms. The van der Waals surface area contributed by atoms with Crippen LogP contribution in [0.15, 0.2) is 24.3 Å². The molecule has 110 valence electrons. The van der Waals surface area contributed by atoms with Gasteiger partial charge in [0.1, 0.15) is 6.04 Å². The Bertz CT molecular complexity index is 455. The van der Waals surface area contributed by atoms with Crippen LogP contribution in [0.3, 0.4) is 0 Å². The number of rotatable bonds is 5. The van der Waals surface area contributed by atoms with Crippen LogP contribution in [-0.2, 0) is 9.53 Å². The summed E-state index contributed by atoms with van der Waals surface area (Å²) in [5, 5.41) is 5.36. The number of carbonyl (C=O) groups excluding carboxylic acids is 2. The monoisotopic (exact) mass is 278 g/mol. The number of anilines is 1. The van der Waals surface area contributed by atoms with Crippen LogP contribution in [0.1, 0.15) is 26.3 Å². The SMILES string of the molecule is CCOC(=O)N[C@H](C(=O)Nc1ccc(C)cc1)C(C)C. The molecule has 0 saturated heterocycles. The van der Waals surface area contributed by atoms with E-state index in [2.05, 4.69) is 10.6 Å². The predicted molar refractivity (Wildman–Crippen MR) is 78.6 cm³/mol. The van der Waals surface area contributed by atoms with Gasteiger partial charge in [0.15, 0.2) is 0 Å². The van der Waals surface area contributed by atoms with Gasteiger partial charge in [0, 0.05) is 5.69 Å². The summed E-state index contributed by atoms with van der Waals surface area (Å²) in [4.78, 5) is 23.6. The molecule has 5 nitrogen and oxygen atoms in total. The fourth-order valence-corrected chi connectivity index (χ4v) is 1.69. The third-order valence-electron chi connectivity index (χ3n) is 2.82. The molecular formula is C15H22N2O3. The Morgan fingerprint density at radius 2 is 1.80 bits per heavy atom. The number of ether oxygens (including phenoxy) is 1. The Morgan fingerprint density at radius 3 is 2.30 bits per heavy atom. The number of nitrogens with one attached hydrogen (secondary N) is 2. The highest BCUT2D eigenvalue weighted by atomic mass is 16.5. The summed E-state index contributed by atoms with van der Waals surface area (Å²) in [5.41, 5.74) is 1.82. The molecule has 1 atom stereocenters. The predicted octanol–water partition coefficient (Wildman–Crippen LogP) is 2.70. The Kier molecular flexibility index (Phi) is 6.03. The molecule has 0 heterocycles. The normalized spacial score (nSPS) is 11.8. The molecule has 1 aromatic rings. The second-order valence-electron chi connectivity index (χ2n) is 4.94. The Hall–Kier alpha value is -2.04. The Morgan fingerprint density at radius 1 is 1.20 bits per heavy atom. The van der Waals surface area contributed by atoms with Crippen molar-refractivity contribution in [2.75, 3.05) is 11.9 Å². The zero-order valence-electron chi connectivity index (χ0n) is 12.4. The summed E-state index contributed by atoms with van der Waals surface area (Å²) in [6.45, 7) is 7.70. The molecule has 1 aromatic carbocycles. The fraction of sp³-hybridized carbons (Fsp3) is 0.467. The second-order valence-corrected chi connectivity index (χ2v) is 4.94. The summed E-state index contributed by atoms with van der Waals surface area (Å²) < 4.78 is 4.81. The topological polar surface area (TPSA) is 67.4 Å². The van der Waals surface area contributed by atoms with Gasteiger partial charge in [-0.1, -0.05) is 31.5 Å². The van der Waals surface area contributed by atoms with Crippen molar-refractivity contribution in [1.82, 2.24) is 5.32 Å². The van der Waals surface area contributed by atoms with E-state index < -0.39 is 12.1 Å². The first-order chi connectivity index (χ1) is 9.43. The lowest BCUT2D eigenvalue weighted by Gasteiger charge is -2.21. The summed E-state index contributed by atoms with van der Waals surface area (Å²) in [6.07, 6.45) is -0.578. The molecule has 5 heteroatoms. The maximum absolute atomic E-state index is 12.2. The largest absolute Gasteiger partial charge is 0.450 e. The van der Waals surface area contributed by atoms with Gasteiger partial charge in [-0.25, -0.2) is 4.79 Å². The minimum Gasteiger partial charge on any atom is -0.450 e. The van der Waals surface area contributed by atoms with Gasteiger partial charge in [-0.2, -0.15) is 0 Å². The first-order valence-corrected chi connectivity index (χ1v) is 6.74. The molecule has 0 radical (unpaired) electrons. The van der Waals surface area contributed by atoms with Crippen molar-refractivity contribution >= 4 is 17.7 Å². The van der Waals surface area contributed by atoms with E-state index in [4.69, 9.17) is 4.74 Å². The summed E-state index contributed by atoms with van der Waals surface area (Å²) in [7, 11) is 0. The molecule has 0 fully saturated rings. The molecule has 0 aliphatic rings. The van der Waals surface area contributed by atoms with Crippen LogP contribution in [0, 0.1) is 12.8 Å². The van der Waals surface area contributed by atoms with Crippen molar-refractivity contribution in [3.05, 3.63) is 29.8 Å². The molecule has 0 saturated carbocycles. The van der Waals surface area contributed by atoms with Gasteiger partial charge in [-0.15, -0.1) is 0 Å². The van der Waals surface area contributed by atoms with Gasteiger partial charge in [0.25, 0.3) is 0 Å². The first-order valence-electron chi connectivity index (χ1n) is 6.74. The smallest absolute Gasteiger partial charge is 0.407 e. The average molecular weight is 278 g/mol. The highest BCUT2D eigenvalue weighted by molar-refractivity contribution is 5.96. The van der Waals surface area contributed by atoms with E-state index in [1.165, 1.54) is 0 Å². The number of benzene rings is 1. The van der Waals surface area contributed by atoms with Gasteiger partial charge in [0.05, 0.1) is 6.61 Å². The third-order valence-corrected chi connectivity index (χ3v) is 2.82. The molecule has 0 spiro atoms. The lowest BCUT2D eigenvalue weighted by molar-refractivity contribution is -0.119. The van der Waals surface area contributed by atoms with Gasteiger partial charge < -0.3 is 15.4 Å². The van der Waals surface area contributed by atoms with Crippen LogP contribution in [0.25, 0.3) is 0 Å². The zero-order chi connectivity index (χ0) is 15.1. The van der Waals surface area contributed by atoms with Crippen molar-refractivity contribution < 1.29 is 14.3 Å². The van der Waals surface area contributed by atoms with Gasteiger partial charge in [-0.3, -0.25) is 4.79 Å². The molecule has 0 aliphatic heterocycles. The lowest BCUT2D eigenvalue weighted by Crippen LogP contribution is -2.47. The fourth-order valence-electron chi connectivity index (χ4n) is 1.69. The number of aryl methyl sites for hydroxylation is 1. The molecule has 0 aliphatic carbocycles. The number of carbonyl (C=O) groups is 2. The van der Waals surface area contributed by atoms with Crippen LogP contribution >= 0.6 is 0 Å². The van der Waals surface area contributed by atoms with Gasteiger partial charge in [-0.05, 0) is 31.9 Å². The van der Waals surface area contributed by atoms with Crippen LogP contribution < -0.4 is 10.6 Å². The van der Waals surface area contributed by atoms with Crippen LogP contribution in [0.4, 0.5) is 10.5 Å². The van der Waals surface area contributed by atoms with E-state index >= 15 is 0 Å². The molecule has 0 aromatic heterocycles. The minimum absolute atomic E-state index is 0.0372. The number of hydrogen-bond acceptors (Lipinski definition) is 3. The minimum atomic E-state index is -0.629. The first kappa shape index (κ1) is 16.0. The van der Waals surface area contributed by atoms with E-state index in [0.717, 1.165) is 5.56 Å². The quantitative estimate of drug-likeness (QED) is 0.870. The number of amides is 2. The highest BCUT2D eigenvalue weighted by Crippen LogP contribution is 2.11. The molecule has 20 heavy (non-hydrogen) atoms. The number of alkyl carbamates (subject to hydrolysis) is 1. The van der Waals surface area contributed by atoms with Crippen LogP contribution in [-0.4, -0.2) is 24.6 Å². The molecular weight excluding hydrogens is 256 g/mol. The Labute approximate surface area is 119 Å². The standard InChI is InChI=1S/C15H22N2O3/c1-5-20-15(19)17-13(10(2)3)14(18)16-12-8-6-11(4)7-9-12/h6-10,13H,5H2,1-4H3,(H,16,18)(H,17,19)/t13-/m0/s1. The summed E-state index contributed by atoms with van der Waals surface area (Å²) in [6, 6.07) is 6.86. The second kappa shape index (κ2) is 7.53. The van der Waals surface area contributed by atoms with Crippen molar-refractivity contribution in [2.45, 2.75) is 33.7 Å². The third kappa shape index (κ3) is 4.91. The van der Waals surface area contributed by atoms with E-state index in [9.17, 15) is 9.59 Å². The molecule has 1 rings (SSSR count). The van der Waals surface area contributed by atoms with Crippen LogP contribution in [0.2, 0.25) is 0 Å². The Balaban J connectivity index is 2.69. The molecule has 2 amide bonds. The maximum Gasteiger partial charge on any atom is 0.407 e. The van der Waals surface area contributed by atoms with Gasteiger partial charge >= 0.3 is 6.09 Å². The van der Waals surface area contributed by atoms with Crippen molar-refractivity contribution in [1.29, 1.82) is 0 Å². The maximum atomic E-state index is 12.2. The zero-order valence-corrected chi connectivity index (χ0v) is 12.4. The highest BCUT2D eigenvalue weighted by Gasteiger charge is 2.24. The summed E-state index contributed by atoms with van der Waals surface area (Å²) in [5.74, 6) is -0.290. The average Bonchev–Trinajstić information content (AvgIpc) is 2.38. The summed E-state index contributed by atoms with van der Waals surface area (Å²) >= 11 is 0. The number of hydrogen-bond donors (Lipinski definition) is 2. The van der Waals surface area contributed by atoms with E-state index in [-0.39, 0.29) is 18.4 Å². The lowest BCUT2D eigenvalue weighted by atomic mass is 10.0. The van der Waals surface area contributed by atoms with Crippen molar-refractivity contribution in [2.24, 2.45) is 5.92 Å². The van der Waals surface area contributed by atoms with E-state index in [1.54, 1.807) is 6.92 Å². The molecule has 2 N–H and O–H groups in total. The van der Waals surface area contributed by atoms with Crippen molar-refractivity contribution in [3.8, 4) is 0 Å².